The Bertz CT molecular complexity index is 1690. The van der Waals surface area contributed by atoms with Crippen LogP contribution in [0.2, 0.25) is 0 Å². The first-order valence-electron chi connectivity index (χ1n) is 14.1. The monoisotopic (exact) mass is 607 g/mol. The lowest BCUT2D eigenvalue weighted by Crippen LogP contribution is -2.33. The van der Waals surface area contributed by atoms with Crippen LogP contribution in [0.3, 0.4) is 0 Å². The Balaban J connectivity index is 1.27. The van der Waals surface area contributed by atoms with Crippen molar-refractivity contribution in [3.63, 3.8) is 0 Å². The highest BCUT2D eigenvalue weighted by Gasteiger charge is 2.29. The molecule has 6 rings (SSSR count). The molecule has 2 aliphatic rings. The molecule has 224 valence electrons. The lowest BCUT2D eigenvalue weighted by Gasteiger charge is -2.31. The lowest BCUT2D eigenvalue weighted by atomic mass is 9.97. The number of hydrogen-bond acceptors (Lipinski definition) is 6. The molecule has 9 nitrogen and oxygen atoms in total. The molecule has 4 aromatic rings. The molecule has 0 spiro atoms. The predicted octanol–water partition coefficient (Wildman–Crippen LogP) is 5.06. The van der Waals surface area contributed by atoms with E-state index in [1.54, 1.807) is 6.20 Å². The largest absolute Gasteiger partial charge is 0.494 e. The number of methoxy groups -OCH3 is 1. The van der Waals surface area contributed by atoms with Crippen molar-refractivity contribution in [2.24, 2.45) is 5.92 Å². The molecule has 2 aromatic carbocycles. The maximum absolute atomic E-state index is 15.2. The Labute approximate surface area is 250 Å². The number of nitrogens with one attached hydrogen (secondary N) is 2. The van der Waals surface area contributed by atoms with Crippen molar-refractivity contribution >= 4 is 45.6 Å². The van der Waals surface area contributed by atoms with E-state index in [-0.39, 0.29) is 41.4 Å². The summed E-state index contributed by atoms with van der Waals surface area (Å²) in [5.41, 5.74) is 3.26. The third-order valence-electron chi connectivity index (χ3n) is 8.14. The molecule has 2 fully saturated rings. The molecule has 2 saturated heterocycles. The van der Waals surface area contributed by atoms with Gasteiger partial charge in [0.1, 0.15) is 29.5 Å². The van der Waals surface area contributed by atoms with Gasteiger partial charge in [0, 0.05) is 66.7 Å². The predicted molar refractivity (Wildman–Crippen MR) is 162 cm³/mol. The zero-order chi connectivity index (χ0) is 30.1. The molecular weight excluding hydrogens is 576 g/mol. The second-order valence-corrected chi connectivity index (χ2v) is 12.0. The van der Waals surface area contributed by atoms with Crippen LogP contribution in [0.15, 0.2) is 54.9 Å². The minimum atomic E-state index is -1.80. The topological polar surface area (TPSA) is 108 Å². The van der Waals surface area contributed by atoms with Crippen molar-refractivity contribution in [3.8, 4) is 16.9 Å². The van der Waals surface area contributed by atoms with Crippen LogP contribution in [-0.4, -0.2) is 70.0 Å². The number of piperidine rings is 1. The number of aldehydes is 1. The zero-order valence-electron chi connectivity index (χ0n) is 23.5. The lowest BCUT2D eigenvalue weighted by molar-refractivity contribution is -0.111. The van der Waals surface area contributed by atoms with Gasteiger partial charge >= 0.3 is 0 Å². The molecule has 0 radical (unpaired) electrons. The van der Waals surface area contributed by atoms with Gasteiger partial charge in [0.25, 0.3) is 0 Å². The minimum absolute atomic E-state index is 0.0163. The number of carbonyl (C=O) groups excluding carboxylic acids is 2. The van der Waals surface area contributed by atoms with Gasteiger partial charge in [0.05, 0.1) is 12.8 Å². The van der Waals surface area contributed by atoms with Crippen molar-refractivity contribution in [3.05, 3.63) is 71.8 Å². The van der Waals surface area contributed by atoms with Crippen LogP contribution in [-0.2, 0) is 16.0 Å². The SMILES string of the molecule is COc1c(NS(=O)N2CCC(F)C2)ccc(F)c1C(=O)c1c[nH]c2ncc(-c3ccc(N4CCC(C=O)CC4)cc3)cc12. The highest BCUT2D eigenvalue weighted by atomic mass is 32.2. The summed E-state index contributed by atoms with van der Waals surface area (Å²) in [4.78, 5) is 34.6. The number of aromatic nitrogens is 2. The van der Waals surface area contributed by atoms with Gasteiger partial charge in [-0.3, -0.25) is 9.52 Å². The summed E-state index contributed by atoms with van der Waals surface area (Å²) in [5, 5.41) is 0.511. The molecule has 0 amide bonds. The molecule has 4 heterocycles. The van der Waals surface area contributed by atoms with Gasteiger partial charge in [0.15, 0.2) is 16.9 Å². The summed E-state index contributed by atoms with van der Waals surface area (Å²) in [6.07, 6.45) is 5.13. The average Bonchev–Trinajstić information content (AvgIpc) is 3.67. The molecule has 2 unspecified atom stereocenters. The van der Waals surface area contributed by atoms with Gasteiger partial charge in [-0.15, -0.1) is 0 Å². The summed E-state index contributed by atoms with van der Waals surface area (Å²) in [5.74, 6) is -1.40. The van der Waals surface area contributed by atoms with Gasteiger partial charge in [-0.25, -0.2) is 22.3 Å². The number of carbonyl (C=O) groups is 2. The number of alkyl halides is 1. The summed E-state index contributed by atoms with van der Waals surface area (Å²) in [6.45, 7) is 1.98. The number of aromatic amines is 1. The molecule has 2 aliphatic heterocycles. The standard InChI is InChI=1S/C31H31F2N5O4S/c1-42-30-27(36-43(41)38-13-10-22(32)17-38)7-6-26(33)28(30)29(40)25-16-35-31-24(25)14-21(15-34-31)20-2-4-23(5-3-20)37-11-8-19(18-39)9-12-37/h2-7,14-16,18-19,22,36H,8-13,17H2,1H3,(H,34,35). The maximum atomic E-state index is 15.2. The number of H-pyrrole nitrogens is 1. The Morgan fingerprint density at radius 1 is 1.12 bits per heavy atom. The van der Waals surface area contributed by atoms with E-state index in [0.717, 1.165) is 55.1 Å². The Hall–Kier alpha value is -4.16. The number of benzene rings is 2. The van der Waals surface area contributed by atoms with Crippen LogP contribution in [0.1, 0.15) is 35.2 Å². The number of halogens is 2. The number of fused-ring (bicyclic) bond motifs is 1. The molecule has 2 N–H and O–H groups in total. The highest BCUT2D eigenvalue weighted by molar-refractivity contribution is 7.84. The fourth-order valence-electron chi connectivity index (χ4n) is 5.70. The summed E-state index contributed by atoms with van der Waals surface area (Å²) < 4.78 is 51.3. The van der Waals surface area contributed by atoms with E-state index in [2.05, 4.69) is 19.6 Å². The number of ketones is 1. The normalized spacial score (nSPS) is 18.6. The highest BCUT2D eigenvalue weighted by Crippen LogP contribution is 2.36. The molecule has 12 heteroatoms. The van der Waals surface area contributed by atoms with Gasteiger partial charge in [-0.2, -0.15) is 0 Å². The van der Waals surface area contributed by atoms with E-state index in [1.807, 2.05) is 30.3 Å². The number of hydrogen-bond donors (Lipinski definition) is 2. The van der Waals surface area contributed by atoms with E-state index < -0.39 is 28.9 Å². The van der Waals surface area contributed by atoms with Gasteiger partial charge < -0.3 is 19.4 Å². The van der Waals surface area contributed by atoms with Gasteiger partial charge in [-0.05, 0) is 55.2 Å². The van der Waals surface area contributed by atoms with E-state index >= 15 is 4.39 Å². The van der Waals surface area contributed by atoms with Crippen molar-refractivity contribution in [2.75, 3.05) is 42.9 Å². The molecule has 2 aromatic heterocycles. The average molecular weight is 608 g/mol. The van der Waals surface area contributed by atoms with Crippen molar-refractivity contribution in [1.82, 2.24) is 14.3 Å². The molecule has 0 aliphatic carbocycles. The molecule has 2 atom stereocenters. The molecule has 0 saturated carbocycles. The summed E-state index contributed by atoms with van der Waals surface area (Å²) in [6, 6.07) is 12.3. The van der Waals surface area contributed by atoms with Gasteiger partial charge in [-0.1, -0.05) is 12.1 Å². The first-order chi connectivity index (χ1) is 20.9. The minimum Gasteiger partial charge on any atom is -0.494 e. The molecule has 0 bridgehead atoms. The fraction of sp³-hybridized carbons (Fsp3) is 0.323. The van der Waals surface area contributed by atoms with Crippen molar-refractivity contribution in [2.45, 2.75) is 25.4 Å². The molecular formula is C31H31F2N5O4S. The van der Waals surface area contributed by atoms with Crippen molar-refractivity contribution < 1.29 is 27.3 Å². The quantitative estimate of drug-likeness (QED) is 0.204. The van der Waals surface area contributed by atoms with E-state index in [0.29, 0.717) is 17.6 Å². The number of pyridine rings is 1. The third kappa shape index (κ3) is 5.76. The van der Waals surface area contributed by atoms with E-state index in [1.165, 1.54) is 23.7 Å². The molecule has 43 heavy (non-hydrogen) atoms. The first kappa shape index (κ1) is 28.9. The van der Waals surface area contributed by atoms with E-state index in [9.17, 15) is 18.2 Å². The Morgan fingerprint density at radius 3 is 2.56 bits per heavy atom. The number of anilines is 2. The van der Waals surface area contributed by atoms with Crippen LogP contribution < -0.4 is 14.4 Å². The van der Waals surface area contributed by atoms with E-state index in [4.69, 9.17) is 4.74 Å². The second-order valence-electron chi connectivity index (χ2n) is 10.8. The Morgan fingerprint density at radius 2 is 1.88 bits per heavy atom. The number of ether oxygens (including phenoxy) is 1. The van der Waals surface area contributed by atoms with Crippen LogP contribution in [0, 0.1) is 11.7 Å². The Kier molecular flexibility index (Phi) is 8.22. The number of nitrogens with zero attached hydrogens (tertiary/aromatic N) is 3. The van der Waals surface area contributed by atoms with Crippen LogP contribution in [0.5, 0.6) is 5.75 Å². The smallest absolute Gasteiger partial charge is 0.202 e. The summed E-state index contributed by atoms with van der Waals surface area (Å²) >= 11 is -1.80. The first-order valence-corrected chi connectivity index (χ1v) is 15.2. The van der Waals surface area contributed by atoms with Crippen LogP contribution in [0.25, 0.3) is 22.2 Å². The van der Waals surface area contributed by atoms with Crippen LogP contribution >= 0.6 is 0 Å². The van der Waals surface area contributed by atoms with Gasteiger partial charge in [0.2, 0.25) is 5.78 Å². The van der Waals surface area contributed by atoms with Crippen molar-refractivity contribution in [1.29, 1.82) is 0 Å². The summed E-state index contributed by atoms with van der Waals surface area (Å²) in [7, 11) is 1.30. The maximum Gasteiger partial charge on any atom is 0.202 e. The second kappa shape index (κ2) is 12.2. The third-order valence-corrected chi connectivity index (χ3v) is 9.33. The fourth-order valence-corrected chi connectivity index (χ4v) is 6.75. The van der Waals surface area contributed by atoms with Crippen LogP contribution in [0.4, 0.5) is 20.2 Å². The zero-order valence-corrected chi connectivity index (χ0v) is 24.3. The number of rotatable bonds is 9.